The first-order valence-electron chi connectivity index (χ1n) is 6.49. The van der Waals surface area contributed by atoms with Crippen molar-refractivity contribution < 1.29 is 24.1 Å². The van der Waals surface area contributed by atoms with Crippen LogP contribution in [0.15, 0.2) is 42.5 Å². The molecular weight excluding hydrogens is 272 g/mol. The quantitative estimate of drug-likeness (QED) is 0.815. The van der Waals surface area contributed by atoms with E-state index in [1.54, 1.807) is 12.1 Å². The fraction of sp³-hybridized carbons (Fsp3) is 0.188. The number of carbonyl (C=O) groups is 1. The maximum absolute atomic E-state index is 11.8. The van der Waals surface area contributed by atoms with E-state index in [0.29, 0.717) is 12.2 Å². The largest absolute Gasteiger partial charge is 0.504 e. The summed E-state index contributed by atoms with van der Waals surface area (Å²) in [4.78, 5) is 11.8. The van der Waals surface area contributed by atoms with Gasteiger partial charge in [-0.1, -0.05) is 30.3 Å². The van der Waals surface area contributed by atoms with Crippen LogP contribution in [0.3, 0.4) is 0 Å². The van der Waals surface area contributed by atoms with Crippen LogP contribution in [0.1, 0.15) is 11.1 Å². The highest BCUT2D eigenvalue weighted by molar-refractivity contribution is 5.74. The van der Waals surface area contributed by atoms with E-state index in [-0.39, 0.29) is 11.5 Å². The Bertz CT molecular complexity index is 680. The first-order chi connectivity index (χ1) is 10.2. The van der Waals surface area contributed by atoms with Crippen molar-refractivity contribution in [2.75, 3.05) is 7.11 Å². The summed E-state index contributed by atoms with van der Waals surface area (Å²) in [6.07, 6.45) is -0.725. The summed E-state index contributed by atoms with van der Waals surface area (Å²) in [6, 6.07) is 12.5. The fourth-order valence-corrected chi connectivity index (χ4v) is 2.26. The molecule has 2 aromatic carbocycles. The SMILES string of the molecule is COC(=O)C1Oc2ccccc2Cc2cccc(O)c2O1. The smallest absolute Gasteiger partial charge is 0.389 e. The zero-order chi connectivity index (χ0) is 14.8. The number of aromatic hydroxyl groups is 1. The third-order valence-electron chi connectivity index (χ3n) is 3.28. The van der Waals surface area contributed by atoms with Crippen molar-refractivity contribution in [3.63, 3.8) is 0 Å². The maximum atomic E-state index is 11.8. The van der Waals surface area contributed by atoms with Gasteiger partial charge >= 0.3 is 12.3 Å². The molecule has 0 saturated heterocycles. The lowest BCUT2D eigenvalue weighted by Crippen LogP contribution is -2.35. The molecule has 3 rings (SSSR count). The monoisotopic (exact) mass is 286 g/mol. The highest BCUT2D eigenvalue weighted by Crippen LogP contribution is 2.36. The highest BCUT2D eigenvalue weighted by Gasteiger charge is 2.29. The minimum atomic E-state index is -1.26. The molecule has 2 aromatic rings. The Hall–Kier alpha value is -2.69. The standard InChI is InChI=1S/C16H14O5/c1-19-15(18)16-20-13-8-3-2-5-10(13)9-11-6-4-7-12(17)14(11)21-16/h2-8,16-17H,9H2,1H3. The summed E-state index contributed by atoms with van der Waals surface area (Å²) in [5, 5.41) is 9.96. The van der Waals surface area contributed by atoms with Gasteiger partial charge in [0.05, 0.1) is 7.11 Å². The second kappa shape index (κ2) is 5.36. The van der Waals surface area contributed by atoms with E-state index in [1.165, 1.54) is 13.2 Å². The Labute approximate surface area is 121 Å². The van der Waals surface area contributed by atoms with Gasteiger partial charge in [0, 0.05) is 12.0 Å². The van der Waals surface area contributed by atoms with E-state index >= 15 is 0 Å². The molecule has 1 atom stereocenters. The lowest BCUT2D eigenvalue weighted by molar-refractivity contribution is -0.162. The van der Waals surface area contributed by atoms with Gasteiger partial charge in [0.15, 0.2) is 11.5 Å². The molecule has 108 valence electrons. The second-order valence-electron chi connectivity index (χ2n) is 4.64. The number of phenolic OH excluding ortho intramolecular Hbond substituents is 1. The summed E-state index contributed by atoms with van der Waals surface area (Å²) in [6.45, 7) is 0. The minimum Gasteiger partial charge on any atom is -0.504 e. The van der Waals surface area contributed by atoms with E-state index < -0.39 is 12.3 Å². The third kappa shape index (κ3) is 2.50. The summed E-state index contributed by atoms with van der Waals surface area (Å²) in [5.41, 5.74) is 1.68. The van der Waals surface area contributed by atoms with E-state index in [9.17, 15) is 9.90 Å². The molecule has 0 bridgehead atoms. The van der Waals surface area contributed by atoms with Crippen molar-refractivity contribution in [1.29, 1.82) is 0 Å². The van der Waals surface area contributed by atoms with Gasteiger partial charge < -0.3 is 19.3 Å². The Kier molecular flexibility index (Phi) is 3.39. The summed E-state index contributed by atoms with van der Waals surface area (Å²) in [7, 11) is 1.26. The van der Waals surface area contributed by atoms with E-state index in [4.69, 9.17) is 9.47 Å². The summed E-state index contributed by atoms with van der Waals surface area (Å²) >= 11 is 0. The Balaban J connectivity index is 2.11. The van der Waals surface area contributed by atoms with Crippen LogP contribution in [-0.4, -0.2) is 24.5 Å². The molecule has 1 unspecified atom stereocenters. The molecule has 0 saturated carbocycles. The van der Waals surface area contributed by atoms with Crippen molar-refractivity contribution >= 4 is 5.97 Å². The molecular formula is C16H14O5. The predicted molar refractivity (Wildman–Crippen MR) is 74.4 cm³/mol. The number of phenols is 1. The van der Waals surface area contributed by atoms with Crippen LogP contribution in [0.2, 0.25) is 0 Å². The van der Waals surface area contributed by atoms with Crippen LogP contribution >= 0.6 is 0 Å². The number of para-hydroxylation sites is 2. The molecule has 5 heteroatoms. The number of esters is 1. The first-order valence-corrected chi connectivity index (χ1v) is 6.49. The van der Waals surface area contributed by atoms with Crippen LogP contribution in [0.5, 0.6) is 17.2 Å². The molecule has 0 radical (unpaired) electrons. The van der Waals surface area contributed by atoms with E-state index in [0.717, 1.165) is 11.1 Å². The van der Waals surface area contributed by atoms with Crippen molar-refractivity contribution in [1.82, 2.24) is 0 Å². The molecule has 0 fully saturated rings. The van der Waals surface area contributed by atoms with E-state index in [1.807, 2.05) is 24.3 Å². The fourth-order valence-electron chi connectivity index (χ4n) is 2.26. The van der Waals surface area contributed by atoms with Crippen LogP contribution in [0.25, 0.3) is 0 Å². The van der Waals surface area contributed by atoms with E-state index in [2.05, 4.69) is 4.74 Å². The molecule has 1 aliphatic rings. The number of hydrogen-bond donors (Lipinski definition) is 1. The number of ether oxygens (including phenoxy) is 3. The van der Waals surface area contributed by atoms with Gasteiger partial charge in [-0.05, 0) is 17.7 Å². The number of rotatable bonds is 1. The molecule has 0 aromatic heterocycles. The average Bonchev–Trinajstić information content (AvgIpc) is 2.48. The summed E-state index contributed by atoms with van der Waals surface area (Å²) in [5.74, 6) is 0.0922. The molecule has 1 heterocycles. The number of fused-ring (bicyclic) bond motifs is 2. The molecule has 0 aliphatic carbocycles. The molecule has 0 amide bonds. The van der Waals surface area contributed by atoms with Gasteiger partial charge in [-0.15, -0.1) is 0 Å². The minimum absolute atomic E-state index is 0.0376. The molecule has 21 heavy (non-hydrogen) atoms. The van der Waals surface area contributed by atoms with Crippen molar-refractivity contribution in [2.45, 2.75) is 12.7 Å². The van der Waals surface area contributed by atoms with Crippen molar-refractivity contribution in [3.8, 4) is 17.2 Å². The average molecular weight is 286 g/mol. The van der Waals surface area contributed by atoms with Gasteiger partial charge in [-0.25, -0.2) is 4.79 Å². The van der Waals surface area contributed by atoms with Gasteiger partial charge in [-0.2, -0.15) is 0 Å². The second-order valence-corrected chi connectivity index (χ2v) is 4.64. The molecule has 1 N–H and O–H groups in total. The van der Waals surface area contributed by atoms with Crippen LogP contribution in [0, 0.1) is 0 Å². The topological polar surface area (TPSA) is 65.0 Å². The molecule has 1 aliphatic heterocycles. The lowest BCUT2D eigenvalue weighted by Gasteiger charge is -2.24. The van der Waals surface area contributed by atoms with Gasteiger partial charge in [0.25, 0.3) is 0 Å². The molecule has 5 nitrogen and oxygen atoms in total. The van der Waals surface area contributed by atoms with Gasteiger partial charge in [0.1, 0.15) is 5.75 Å². The summed E-state index contributed by atoms with van der Waals surface area (Å²) < 4.78 is 15.8. The van der Waals surface area contributed by atoms with Gasteiger partial charge in [-0.3, -0.25) is 0 Å². The number of methoxy groups -OCH3 is 1. The van der Waals surface area contributed by atoms with Crippen LogP contribution in [-0.2, 0) is 16.0 Å². The highest BCUT2D eigenvalue weighted by atomic mass is 16.7. The lowest BCUT2D eigenvalue weighted by atomic mass is 10.0. The Morgan fingerprint density at radius 3 is 2.71 bits per heavy atom. The zero-order valence-corrected chi connectivity index (χ0v) is 11.4. The number of benzene rings is 2. The normalized spacial score (nSPS) is 16.3. The Morgan fingerprint density at radius 2 is 1.90 bits per heavy atom. The number of hydrogen-bond acceptors (Lipinski definition) is 5. The van der Waals surface area contributed by atoms with Crippen LogP contribution < -0.4 is 9.47 Å². The third-order valence-corrected chi connectivity index (χ3v) is 3.28. The zero-order valence-electron chi connectivity index (χ0n) is 11.4. The molecule has 0 spiro atoms. The maximum Gasteiger partial charge on any atom is 0.389 e. The first kappa shape index (κ1) is 13.3. The Morgan fingerprint density at radius 1 is 1.14 bits per heavy atom. The van der Waals surface area contributed by atoms with Crippen molar-refractivity contribution in [3.05, 3.63) is 53.6 Å². The number of carbonyl (C=O) groups excluding carboxylic acids is 1. The van der Waals surface area contributed by atoms with Crippen molar-refractivity contribution in [2.24, 2.45) is 0 Å². The van der Waals surface area contributed by atoms with Crippen LogP contribution in [0.4, 0.5) is 0 Å². The predicted octanol–water partition coefficient (Wildman–Crippen LogP) is 2.25. The van der Waals surface area contributed by atoms with Gasteiger partial charge in [0.2, 0.25) is 0 Å².